The van der Waals surface area contributed by atoms with E-state index < -0.39 is 11.6 Å². The molecule has 0 fully saturated rings. The van der Waals surface area contributed by atoms with E-state index in [1.165, 1.54) is 4.68 Å². The van der Waals surface area contributed by atoms with Gasteiger partial charge in [0.05, 0.1) is 17.3 Å². The molecule has 0 spiro atoms. The highest BCUT2D eigenvalue weighted by Crippen LogP contribution is 2.21. The van der Waals surface area contributed by atoms with E-state index in [0.717, 1.165) is 12.1 Å². The molecule has 0 N–H and O–H groups in total. The zero-order valence-electron chi connectivity index (χ0n) is 9.33. The van der Waals surface area contributed by atoms with Crippen LogP contribution in [0.3, 0.4) is 0 Å². The number of aromatic nitrogens is 2. The van der Waals surface area contributed by atoms with Gasteiger partial charge in [-0.25, -0.2) is 13.5 Å². The van der Waals surface area contributed by atoms with Crippen molar-refractivity contribution >= 4 is 0 Å². The first-order chi connectivity index (χ1) is 8.02. The summed E-state index contributed by atoms with van der Waals surface area (Å²) in [5.74, 6) is -1.60. The molecule has 1 aromatic carbocycles. The molecule has 0 aliphatic heterocycles. The molecule has 0 amide bonds. The summed E-state index contributed by atoms with van der Waals surface area (Å²) in [6.07, 6.45) is 0. The molecule has 0 atom stereocenters. The van der Waals surface area contributed by atoms with Crippen molar-refractivity contribution in [1.29, 1.82) is 5.26 Å². The molecule has 1 heterocycles. The summed E-state index contributed by atoms with van der Waals surface area (Å²) in [7, 11) is 0. The van der Waals surface area contributed by atoms with Crippen LogP contribution in [0, 0.1) is 36.8 Å². The third-order valence-corrected chi connectivity index (χ3v) is 2.37. The van der Waals surface area contributed by atoms with E-state index in [0.29, 0.717) is 11.4 Å². The van der Waals surface area contributed by atoms with Crippen molar-refractivity contribution in [3.63, 3.8) is 0 Å². The van der Waals surface area contributed by atoms with Crippen LogP contribution in [0.25, 0.3) is 5.69 Å². The normalized spacial score (nSPS) is 10.3. The summed E-state index contributed by atoms with van der Waals surface area (Å²) >= 11 is 0. The van der Waals surface area contributed by atoms with Crippen LogP contribution in [-0.2, 0) is 0 Å². The number of hydrogen-bond donors (Lipinski definition) is 0. The van der Waals surface area contributed by atoms with Crippen LogP contribution in [0.4, 0.5) is 8.78 Å². The Morgan fingerprint density at radius 2 is 1.76 bits per heavy atom. The molecule has 17 heavy (non-hydrogen) atoms. The van der Waals surface area contributed by atoms with E-state index in [4.69, 9.17) is 5.26 Å². The molecule has 0 unspecified atom stereocenters. The van der Waals surface area contributed by atoms with E-state index in [1.54, 1.807) is 26.0 Å². The zero-order valence-corrected chi connectivity index (χ0v) is 9.33. The molecule has 0 aliphatic carbocycles. The quantitative estimate of drug-likeness (QED) is 0.759. The molecule has 0 saturated heterocycles. The lowest BCUT2D eigenvalue weighted by atomic mass is 10.2. The van der Waals surface area contributed by atoms with Crippen LogP contribution >= 0.6 is 0 Å². The van der Waals surface area contributed by atoms with Crippen LogP contribution in [0.15, 0.2) is 18.2 Å². The SMILES string of the molecule is Cc1cc(C)n(-c2c(F)cc(C#N)cc2F)n1. The van der Waals surface area contributed by atoms with Crippen LogP contribution in [0.5, 0.6) is 0 Å². The van der Waals surface area contributed by atoms with E-state index >= 15 is 0 Å². The van der Waals surface area contributed by atoms with Gasteiger partial charge in [-0.05, 0) is 32.0 Å². The molecule has 0 radical (unpaired) electrons. The fourth-order valence-corrected chi connectivity index (χ4v) is 1.69. The van der Waals surface area contributed by atoms with Gasteiger partial charge < -0.3 is 0 Å². The third kappa shape index (κ3) is 1.89. The molecular weight excluding hydrogens is 224 g/mol. The van der Waals surface area contributed by atoms with Crippen molar-refractivity contribution in [1.82, 2.24) is 9.78 Å². The summed E-state index contributed by atoms with van der Waals surface area (Å²) < 4.78 is 28.6. The van der Waals surface area contributed by atoms with E-state index in [2.05, 4.69) is 5.10 Å². The first-order valence-electron chi connectivity index (χ1n) is 4.95. The number of rotatable bonds is 1. The molecule has 0 saturated carbocycles. The standard InChI is InChI=1S/C12H9F2N3/c1-7-3-8(2)17(16-7)12-10(13)4-9(6-15)5-11(12)14/h3-5H,1-2H3. The molecule has 86 valence electrons. The zero-order chi connectivity index (χ0) is 12.6. The summed E-state index contributed by atoms with van der Waals surface area (Å²) in [5, 5.41) is 12.6. The second kappa shape index (κ2) is 3.98. The smallest absolute Gasteiger partial charge is 0.153 e. The number of halogens is 2. The lowest BCUT2D eigenvalue weighted by Crippen LogP contribution is -2.06. The van der Waals surface area contributed by atoms with Crippen LogP contribution in [0.2, 0.25) is 0 Å². The maximum Gasteiger partial charge on any atom is 0.153 e. The molecule has 2 rings (SSSR count). The highest BCUT2D eigenvalue weighted by molar-refractivity contribution is 5.43. The van der Waals surface area contributed by atoms with Gasteiger partial charge in [0.2, 0.25) is 0 Å². The maximum absolute atomic E-state index is 13.7. The van der Waals surface area contributed by atoms with Gasteiger partial charge in [-0.3, -0.25) is 0 Å². The number of nitrogens with zero attached hydrogens (tertiary/aromatic N) is 3. The summed E-state index contributed by atoms with van der Waals surface area (Å²) in [5.41, 5.74) is 0.996. The fraction of sp³-hybridized carbons (Fsp3) is 0.167. The van der Waals surface area contributed by atoms with Gasteiger partial charge in [0, 0.05) is 5.69 Å². The first-order valence-corrected chi connectivity index (χ1v) is 4.95. The Balaban J connectivity index is 2.69. The molecule has 3 nitrogen and oxygen atoms in total. The average Bonchev–Trinajstić information content (AvgIpc) is 2.57. The van der Waals surface area contributed by atoms with Crippen molar-refractivity contribution < 1.29 is 8.78 Å². The highest BCUT2D eigenvalue weighted by Gasteiger charge is 2.15. The number of hydrogen-bond acceptors (Lipinski definition) is 2. The lowest BCUT2D eigenvalue weighted by Gasteiger charge is -2.07. The van der Waals surface area contributed by atoms with Crippen molar-refractivity contribution in [2.24, 2.45) is 0 Å². The summed E-state index contributed by atoms with van der Waals surface area (Å²) in [6, 6.07) is 5.41. The predicted octanol–water partition coefficient (Wildman–Crippen LogP) is 2.64. The van der Waals surface area contributed by atoms with Crippen molar-refractivity contribution in [3.05, 3.63) is 46.8 Å². The van der Waals surface area contributed by atoms with Gasteiger partial charge >= 0.3 is 0 Å². The Bertz CT molecular complexity index is 600. The van der Waals surface area contributed by atoms with Crippen LogP contribution < -0.4 is 0 Å². The topological polar surface area (TPSA) is 41.6 Å². The van der Waals surface area contributed by atoms with Crippen molar-refractivity contribution in [3.8, 4) is 11.8 Å². The minimum atomic E-state index is -0.798. The minimum Gasteiger partial charge on any atom is -0.232 e. The van der Waals surface area contributed by atoms with Crippen molar-refractivity contribution in [2.45, 2.75) is 13.8 Å². The number of nitriles is 1. The summed E-state index contributed by atoms with van der Waals surface area (Å²) in [4.78, 5) is 0. The van der Waals surface area contributed by atoms with Gasteiger partial charge in [0.15, 0.2) is 11.6 Å². The molecule has 0 aliphatic rings. The van der Waals surface area contributed by atoms with Crippen LogP contribution in [-0.4, -0.2) is 9.78 Å². The van der Waals surface area contributed by atoms with Gasteiger partial charge in [-0.2, -0.15) is 10.4 Å². The molecular formula is C12H9F2N3. The second-order valence-electron chi connectivity index (χ2n) is 3.74. The average molecular weight is 233 g/mol. The van der Waals surface area contributed by atoms with E-state index in [1.807, 2.05) is 0 Å². The minimum absolute atomic E-state index is 0.0507. The Labute approximate surface area is 96.9 Å². The molecule has 0 bridgehead atoms. The van der Waals surface area contributed by atoms with Gasteiger partial charge in [0.25, 0.3) is 0 Å². The Kier molecular flexibility index (Phi) is 2.64. The van der Waals surface area contributed by atoms with Gasteiger partial charge in [-0.15, -0.1) is 0 Å². The largest absolute Gasteiger partial charge is 0.232 e. The van der Waals surface area contributed by atoms with E-state index in [9.17, 15) is 8.78 Å². The molecule has 5 heteroatoms. The molecule has 1 aromatic heterocycles. The van der Waals surface area contributed by atoms with Crippen molar-refractivity contribution in [2.75, 3.05) is 0 Å². The molecule has 2 aromatic rings. The highest BCUT2D eigenvalue weighted by atomic mass is 19.1. The lowest BCUT2D eigenvalue weighted by molar-refractivity contribution is 0.556. The fourth-order valence-electron chi connectivity index (χ4n) is 1.69. The first kappa shape index (κ1) is 11.3. The Morgan fingerprint density at radius 1 is 1.18 bits per heavy atom. The third-order valence-electron chi connectivity index (χ3n) is 2.37. The number of benzene rings is 1. The van der Waals surface area contributed by atoms with Crippen LogP contribution in [0.1, 0.15) is 17.0 Å². The summed E-state index contributed by atoms with van der Waals surface area (Å²) in [6.45, 7) is 3.44. The van der Waals surface area contributed by atoms with Gasteiger partial charge in [-0.1, -0.05) is 0 Å². The predicted molar refractivity (Wildman–Crippen MR) is 57.7 cm³/mol. The Morgan fingerprint density at radius 3 is 2.18 bits per heavy atom. The van der Waals surface area contributed by atoms with Gasteiger partial charge in [0.1, 0.15) is 5.69 Å². The Hall–Kier alpha value is -2.22. The maximum atomic E-state index is 13.7. The van der Waals surface area contributed by atoms with E-state index in [-0.39, 0.29) is 11.3 Å². The number of aryl methyl sites for hydroxylation is 2. The monoisotopic (exact) mass is 233 g/mol. The second-order valence-corrected chi connectivity index (χ2v) is 3.74.